The van der Waals surface area contributed by atoms with E-state index >= 15 is 0 Å². The second-order valence-electron chi connectivity index (χ2n) is 4.23. The molecule has 1 aliphatic carbocycles. The van der Waals surface area contributed by atoms with Crippen molar-refractivity contribution in [3.8, 4) is 12.3 Å². The van der Waals surface area contributed by atoms with Gasteiger partial charge in [-0.25, -0.2) is 0 Å². The zero-order valence-electron chi connectivity index (χ0n) is 9.04. The molecule has 0 unspecified atom stereocenters. The normalized spacial score (nSPS) is 15.8. The fourth-order valence-corrected chi connectivity index (χ4v) is 1.69. The smallest absolute Gasteiger partial charge is 0.0599 e. The molecule has 80 valence electrons. The molecule has 14 heavy (non-hydrogen) atoms. The number of unbranched alkanes of at least 4 members (excludes halogenated alkanes) is 2. The highest BCUT2D eigenvalue weighted by molar-refractivity contribution is 4.90. The van der Waals surface area contributed by atoms with Gasteiger partial charge in [-0.3, -0.25) is 4.90 Å². The number of terminal acetylenes is 1. The monoisotopic (exact) mass is 194 g/mol. The third-order valence-corrected chi connectivity index (χ3v) is 2.71. The third-order valence-electron chi connectivity index (χ3n) is 2.71. The summed E-state index contributed by atoms with van der Waals surface area (Å²) < 4.78 is 0. The Morgan fingerprint density at radius 1 is 1.29 bits per heavy atom. The summed E-state index contributed by atoms with van der Waals surface area (Å²) in [5, 5.41) is 0. The van der Waals surface area contributed by atoms with Crippen LogP contribution in [0.2, 0.25) is 0 Å². The van der Waals surface area contributed by atoms with Gasteiger partial charge in [0.15, 0.2) is 0 Å². The van der Waals surface area contributed by atoms with Gasteiger partial charge >= 0.3 is 0 Å². The number of nitrogens with two attached hydrogens (primary N) is 1. The van der Waals surface area contributed by atoms with E-state index in [9.17, 15) is 0 Å². The van der Waals surface area contributed by atoms with Gasteiger partial charge in [0.2, 0.25) is 0 Å². The quantitative estimate of drug-likeness (QED) is 0.468. The molecule has 0 bridgehead atoms. The molecule has 0 heterocycles. The summed E-state index contributed by atoms with van der Waals surface area (Å²) in [5.41, 5.74) is 5.45. The lowest BCUT2D eigenvalue weighted by molar-refractivity contribution is 0.287. The van der Waals surface area contributed by atoms with E-state index in [1.54, 1.807) is 0 Å². The van der Waals surface area contributed by atoms with Gasteiger partial charge in [0, 0.05) is 6.54 Å². The molecule has 2 nitrogen and oxygen atoms in total. The fraction of sp³-hybridized carbons (Fsp3) is 0.833. The first-order valence-electron chi connectivity index (χ1n) is 5.72. The van der Waals surface area contributed by atoms with E-state index in [1.165, 1.54) is 32.2 Å². The molecule has 0 aliphatic heterocycles. The van der Waals surface area contributed by atoms with Crippen LogP contribution in [0.1, 0.15) is 32.1 Å². The van der Waals surface area contributed by atoms with E-state index in [1.807, 2.05) is 0 Å². The molecule has 1 fully saturated rings. The molecule has 0 saturated heterocycles. The molecule has 1 rings (SSSR count). The molecule has 0 aromatic rings. The Hall–Kier alpha value is -0.520. The second kappa shape index (κ2) is 6.86. The average molecular weight is 194 g/mol. The summed E-state index contributed by atoms with van der Waals surface area (Å²) in [7, 11) is 0. The van der Waals surface area contributed by atoms with Crippen molar-refractivity contribution in [2.45, 2.75) is 32.1 Å². The lowest BCUT2D eigenvalue weighted by Gasteiger charge is -2.19. The Bertz CT molecular complexity index is 179. The first-order chi connectivity index (χ1) is 6.86. The maximum atomic E-state index is 5.45. The van der Waals surface area contributed by atoms with Crippen LogP contribution in [0.4, 0.5) is 0 Å². The summed E-state index contributed by atoms with van der Waals surface area (Å²) in [6, 6.07) is 0. The van der Waals surface area contributed by atoms with Crippen LogP contribution in [-0.4, -0.2) is 31.1 Å². The van der Waals surface area contributed by atoms with E-state index in [2.05, 4.69) is 10.8 Å². The van der Waals surface area contributed by atoms with Crippen LogP contribution in [0.15, 0.2) is 0 Å². The zero-order valence-corrected chi connectivity index (χ0v) is 9.04. The Balaban J connectivity index is 2.04. The van der Waals surface area contributed by atoms with Crippen molar-refractivity contribution >= 4 is 0 Å². The van der Waals surface area contributed by atoms with E-state index in [4.69, 9.17) is 12.2 Å². The van der Waals surface area contributed by atoms with Crippen molar-refractivity contribution in [2.24, 2.45) is 11.7 Å². The molecule has 0 spiro atoms. The lowest BCUT2D eigenvalue weighted by Crippen LogP contribution is -2.27. The Morgan fingerprint density at radius 3 is 2.64 bits per heavy atom. The lowest BCUT2D eigenvalue weighted by atomic mass is 10.2. The van der Waals surface area contributed by atoms with Gasteiger partial charge in [-0.15, -0.1) is 6.42 Å². The molecule has 0 atom stereocenters. The highest BCUT2D eigenvalue weighted by Gasteiger charge is 2.23. The summed E-state index contributed by atoms with van der Waals surface area (Å²) in [6.45, 7) is 4.00. The van der Waals surface area contributed by atoms with Crippen LogP contribution >= 0.6 is 0 Å². The van der Waals surface area contributed by atoms with E-state index in [0.29, 0.717) is 0 Å². The van der Waals surface area contributed by atoms with Gasteiger partial charge < -0.3 is 5.73 Å². The number of rotatable bonds is 8. The third kappa shape index (κ3) is 5.26. The van der Waals surface area contributed by atoms with Crippen molar-refractivity contribution in [1.82, 2.24) is 4.90 Å². The minimum atomic E-state index is 0.817. The number of nitrogens with zero attached hydrogens (tertiary/aromatic N) is 1. The van der Waals surface area contributed by atoms with E-state index < -0.39 is 0 Å². The highest BCUT2D eigenvalue weighted by Crippen LogP contribution is 2.29. The van der Waals surface area contributed by atoms with Gasteiger partial charge in [-0.2, -0.15) is 0 Å². The van der Waals surface area contributed by atoms with Crippen molar-refractivity contribution in [3.63, 3.8) is 0 Å². The molecule has 2 heteroatoms. The first kappa shape index (κ1) is 11.6. The predicted molar refractivity (Wildman–Crippen MR) is 60.9 cm³/mol. The topological polar surface area (TPSA) is 29.3 Å². The Kier molecular flexibility index (Phi) is 5.66. The molecule has 0 amide bonds. The second-order valence-corrected chi connectivity index (χ2v) is 4.23. The molecule has 2 N–H and O–H groups in total. The summed E-state index contributed by atoms with van der Waals surface area (Å²) in [5.74, 6) is 3.69. The summed E-state index contributed by atoms with van der Waals surface area (Å²) >= 11 is 0. The van der Waals surface area contributed by atoms with Gasteiger partial charge in [-0.05, 0) is 44.7 Å². The van der Waals surface area contributed by atoms with E-state index in [-0.39, 0.29) is 0 Å². The van der Waals surface area contributed by atoms with Crippen LogP contribution in [0.5, 0.6) is 0 Å². The number of hydrogen-bond acceptors (Lipinski definition) is 2. The molecule has 1 aliphatic rings. The molecular weight excluding hydrogens is 172 g/mol. The van der Waals surface area contributed by atoms with Gasteiger partial charge in [-0.1, -0.05) is 12.3 Å². The van der Waals surface area contributed by atoms with Gasteiger partial charge in [0.25, 0.3) is 0 Å². The van der Waals surface area contributed by atoms with Crippen LogP contribution in [0, 0.1) is 18.3 Å². The number of hydrogen-bond donors (Lipinski definition) is 1. The fourth-order valence-electron chi connectivity index (χ4n) is 1.69. The summed E-state index contributed by atoms with van der Waals surface area (Å²) in [6.07, 6.45) is 11.8. The van der Waals surface area contributed by atoms with Gasteiger partial charge in [0.05, 0.1) is 6.54 Å². The predicted octanol–water partition coefficient (Wildman–Crippen LogP) is 1.46. The van der Waals surface area contributed by atoms with Gasteiger partial charge in [0.1, 0.15) is 0 Å². The average Bonchev–Trinajstić information content (AvgIpc) is 2.96. The van der Waals surface area contributed by atoms with Crippen molar-refractivity contribution in [3.05, 3.63) is 0 Å². The standard InChI is InChI=1S/C12H22N2/c1-2-9-14(11-12-6-7-12)10-5-3-4-8-13/h1,12H,3-11,13H2. The SMILES string of the molecule is C#CCN(CCCCCN)CC1CC1. The molecule has 0 aromatic heterocycles. The maximum Gasteiger partial charge on any atom is 0.0599 e. The van der Waals surface area contributed by atoms with Crippen LogP contribution in [-0.2, 0) is 0 Å². The molecule has 1 saturated carbocycles. The summed E-state index contributed by atoms with van der Waals surface area (Å²) in [4.78, 5) is 2.41. The molecular formula is C12H22N2. The zero-order chi connectivity index (χ0) is 10.2. The van der Waals surface area contributed by atoms with Crippen molar-refractivity contribution in [1.29, 1.82) is 0 Å². The first-order valence-corrected chi connectivity index (χ1v) is 5.72. The highest BCUT2D eigenvalue weighted by atomic mass is 15.1. The van der Waals surface area contributed by atoms with Crippen LogP contribution in [0.3, 0.4) is 0 Å². The van der Waals surface area contributed by atoms with E-state index in [0.717, 1.165) is 32.0 Å². The molecule has 0 aromatic carbocycles. The minimum absolute atomic E-state index is 0.817. The van der Waals surface area contributed by atoms with Crippen LogP contribution in [0.25, 0.3) is 0 Å². The Morgan fingerprint density at radius 2 is 2.07 bits per heavy atom. The maximum absolute atomic E-state index is 5.45. The largest absolute Gasteiger partial charge is 0.330 e. The van der Waals surface area contributed by atoms with Crippen molar-refractivity contribution in [2.75, 3.05) is 26.2 Å². The Labute approximate surface area is 87.8 Å². The molecule has 0 radical (unpaired) electrons. The minimum Gasteiger partial charge on any atom is -0.330 e. The van der Waals surface area contributed by atoms with Crippen LogP contribution < -0.4 is 5.73 Å². The van der Waals surface area contributed by atoms with Crippen molar-refractivity contribution < 1.29 is 0 Å².